The summed E-state index contributed by atoms with van der Waals surface area (Å²) < 4.78 is 77.3. The molecule has 0 unspecified atom stereocenters. The quantitative estimate of drug-likeness (QED) is 0.188. The molecule has 11 nitrogen and oxygen atoms in total. The second kappa shape index (κ2) is 11.7. The summed E-state index contributed by atoms with van der Waals surface area (Å²) in [4.78, 5) is 57.8. The number of aliphatic carboxylic acids is 1. The number of rotatable bonds is 5. The molecule has 1 aliphatic heterocycles. The number of carboxylic acid groups (broad SMARTS) is 1. The first-order valence-electron chi connectivity index (χ1n) is 12.5. The number of anilines is 2. The van der Waals surface area contributed by atoms with Crippen LogP contribution in [0.4, 0.5) is 42.5 Å². The van der Waals surface area contributed by atoms with Gasteiger partial charge in [-0.25, -0.2) is 24.3 Å². The number of imidazole rings is 1. The lowest BCUT2D eigenvalue weighted by atomic mass is 10.0. The lowest BCUT2D eigenvalue weighted by molar-refractivity contribution is -0.192. The van der Waals surface area contributed by atoms with Gasteiger partial charge in [0.1, 0.15) is 17.8 Å². The number of aromatic nitrogens is 3. The molecule has 17 heteroatoms. The minimum atomic E-state index is -5.08. The number of ether oxygens (including phenoxy) is 1. The number of nitrogens with zero attached hydrogens (tertiary/aromatic N) is 3. The summed E-state index contributed by atoms with van der Waals surface area (Å²) in [5.74, 6) is -2.65. The number of benzene rings is 2. The van der Waals surface area contributed by atoms with Crippen LogP contribution in [0.15, 0.2) is 59.5 Å². The predicted octanol–water partition coefficient (Wildman–Crippen LogP) is 5.79. The molecule has 5 rings (SSSR count). The van der Waals surface area contributed by atoms with Crippen LogP contribution < -0.4 is 20.2 Å². The number of halogens is 6. The minimum Gasteiger partial charge on any atom is -0.475 e. The molecule has 0 saturated carbocycles. The van der Waals surface area contributed by atoms with E-state index in [-0.39, 0.29) is 17.3 Å². The highest BCUT2D eigenvalue weighted by molar-refractivity contribution is 6.27. The van der Waals surface area contributed by atoms with Gasteiger partial charge in [-0.15, -0.1) is 0 Å². The fourth-order valence-electron chi connectivity index (χ4n) is 4.14. The van der Waals surface area contributed by atoms with E-state index in [0.717, 1.165) is 21.9 Å². The largest absolute Gasteiger partial charge is 0.490 e. The van der Waals surface area contributed by atoms with E-state index in [0.29, 0.717) is 28.2 Å². The maximum absolute atomic E-state index is 13.2. The van der Waals surface area contributed by atoms with Crippen molar-refractivity contribution in [2.24, 2.45) is 0 Å². The molecule has 3 amide bonds. The third-order valence-electron chi connectivity index (χ3n) is 6.17. The molecule has 0 spiro atoms. The maximum Gasteiger partial charge on any atom is 0.490 e. The average Bonchev–Trinajstić information content (AvgIpc) is 3.46. The number of amides is 3. The normalized spacial score (nSPS) is 13.8. The fourth-order valence-corrected chi connectivity index (χ4v) is 4.14. The molecule has 0 radical (unpaired) electrons. The summed E-state index contributed by atoms with van der Waals surface area (Å²) in [5.41, 5.74) is 0.257. The van der Waals surface area contributed by atoms with Crippen molar-refractivity contribution in [1.82, 2.24) is 15.0 Å². The van der Waals surface area contributed by atoms with E-state index in [2.05, 4.69) is 15.0 Å². The molecule has 0 bridgehead atoms. The number of fused-ring (bicyclic) bond motifs is 1. The van der Waals surface area contributed by atoms with Gasteiger partial charge >= 0.3 is 30.0 Å². The topological polar surface area (TPSA) is 149 Å². The van der Waals surface area contributed by atoms with E-state index in [9.17, 15) is 40.7 Å². The van der Waals surface area contributed by atoms with Crippen molar-refractivity contribution >= 4 is 40.4 Å². The first-order valence-corrected chi connectivity index (χ1v) is 12.5. The molecule has 1 fully saturated rings. The van der Waals surface area contributed by atoms with Crippen LogP contribution in [0.5, 0.6) is 11.5 Å². The number of imide groups is 1. The summed E-state index contributed by atoms with van der Waals surface area (Å²) in [5, 5.41) is 7.12. The van der Waals surface area contributed by atoms with Crippen LogP contribution >= 0.6 is 0 Å². The molecule has 2 aromatic carbocycles. The summed E-state index contributed by atoms with van der Waals surface area (Å²) in [6.07, 6.45) is -8.19. The maximum atomic E-state index is 13.2. The van der Waals surface area contributed by atoms with Crippen molar-refractivity contribution in [2.75, 3.05) is 16.3 Å². The number of H-pyrrole nitrogens is 2. The zero-order chi connectivity index (χ0) is 32.6. The number of carbonyl (C=O) groups is 3. The highest BCUT2D eigenvalue weighted by Gasteiger charge is 2.40. The summed E-state index contributed by atoms with van der Waals surface area (Å²) in [6.45, 7) is 3.40. The van der Waals surface area contributed by atoms with Crippen LogP contribution in [0.3, 0.4) is 0 Å². The molecule has 3 heterocycles. The number of aromatic amines is 2. The van der Waals surface area contributed by atoms with Crippen molar-refractivity contribution in [3.8, 4) is 11.5 Å². The van der Waals surface area contributed by atoms with Gasteiger partial charge in [0.2, 0.25) is 0 Å². The van der Waals surface area contributed by atoms with Crippen LogP contribution in [-0.2, 0) is 15.8 Å². The Labute approximate surface area is 242 Å². The third-order valence-corrected chi connectivity index (χ3v) is 6.17. The van der Waals surface area contributed by atoms with Gasteiger partial charge in [-0.1, -0.05) is 19.9 Å². The zero-order valence-electron chi connectivity index (χ0n) is 22.6. The molecule has 1 saturated heterocycles. The number of hydrogen-bond acceptors (Lipinski definition) is 6. The Hall–Kier alpha value is -5.35. The van der Waals surface area contributed by atoms with Crippen LogP contribution in [0, 0.1) is 0 Å². The second-order valence-corrected chi connectivity index (χ2v) is 9.54. The number of carboxylic acids is 1. The van der Waals surface area contributed by atoms with Gasteiger partial charge in [-0.2, -0.15) is 26.3 Å². The van der Waals surface area contributed by atoms with Crippen LogP contribution in [0.25, 0.3) is 11.2 Å². The number of urea groups is 1. The van der Waals surface area contributed by atoms with E-state index in [1.54, 1.807) is 18.2 Å². The Morgan fingerprint density at radius 1 is 0.955 bits per heavy atom. The summed E-state index contributed by atoms with van der Waals surface area (Å²) >= 11 is 0. The van der Waals surface area contributed by atoms with Crippen molar-refractivity contribution in [3.05, 3.63) is 76.3 Å². The van der Waals surface area contributed by atoms with E-state index < -0.39 is 48.1 Å². The molecule has 3 N–H and O–H groups in total. The van der Waals surface area contributed by atoms with Crippen molar-refractivity contribution in [2.45, 2.75) is 32.1 Å². The highest BCUT2D eigenvalue weighted by Crippen LogP contribution is 2.37. The molecular weight excluding hydrogens is 604 g/mol. The van der Waals surface area contributed by atoms with Crippen molar-refractivity contribution < 1.29 is 50.6 Å². The Kier molecular flexibility index (Phi) is 8.42. The Morgan fingerprint density at radius 2 is 1.64 bits per heavy atom. The lowest BCUT2D eigenvalue weighted by Gasteiger charge is -2.20. The van der Waals surface area contributed by atoms with Crippen molar-refractivity contribution in [1.29, 1.82) is 0 Å². The third kappa shape index (κ3) is 6.66. The van der Waals surface area contributed by atoms with E-state index in [1.807, 2.05) is 13.8 Å². The van der Waals surface area contributed by atoms with Crippen molar-refractivity contribution in [3.63, 3.8) is 0 Å². The van der Waals surface area contributed by atoms with Gasteiger partial charge in [0, 0.05) is 18.0 Å². The SMILES string of the molecule is CC(C)c1cc(N2C(=O)CN(c3cccc(C(F)(F)F)c3)C2=O)ccc1Oc1ccnc2[nH]c(=O)[nH]c12.O=C(O)C(F)(F)F. The highest BCUT2D eigenvalue weighted by atomic mass is 19.4. The second-order valence-electron chi connectivity index (χ2n) is 9.54. The monoisotopic (exact) mass is 625 g/mol. The van der Waals surface area contributed by atoms with E-state index >= 15 is 0 Å². The van der Waals surface area contributed by atoms with Gasteiger partial charge in [-0.05, 0) is 47.9 Å². The number of alkyl halides is 6. The molecule has 0 aliphatic carbocycles. The molecule has 0 atom stereocenters. The number of carbonyl (C=O) groups excluding carboxylic acids is 2. The van der Waals surface area contributed by atoms with Gasteiger partial charge in [0.25, 0.3) is 5.91 Å². The van der Waals surface area contributed by atoms with Gasteiger partial charge in [-0.3, -0.25) is 14.7 Å². The Balaban J connectivity index is 0.000000566. The molecule has 44 heavy (non-hydrogen) atoms. The summed E-state index contributed by atoms with van der Waals surface area (Å²) in [7, 11) is 0. The van der Waals surface area contributed by atoms with Gasteiger partial charge < -0.3 is 14.8 Å². The van der Waals surface area contributed by atoms with E-state index in [1.165, 1.54) is 24.4 Å². The van der Waals surface area contributed by atoms with E-state index in [4.69, 9.17) is 14.6 Å². The Bertz CT molecular complexity index is 1800. The first-order chi connectivity index (χ1) is 20.5. The number of hydrogen-bond donors (Lipinski definition) is 3. The predicted molar refractivity (Wildman–Crippen MR) is 143 cm³/mol. The number of pyridine rings is 1. The standard InChI is InChI=1S/C25H20F3N5O4.C2HF3O2/c1-13(2)17-11-16(6-7-18(17)37-19-8-9-29-22-21(19)30-23(35)31-22)33-20(34)12-32(24(33)36)15-5-3-4-14(10-15)25(26,27)28;3-2(4,5)1(6)7/h3-11,13H,12H2,1-2H3,(H2,29,30,31,35);(H,6,7). The average molecular weight is 625 g/mol. The summed E-state index contributed by atoms with van der Waals surface area (Å²) in [6, 6.07) is 9.85. The Morgan fingerprint density at radius 3 is 2.25 bits per heavy atom. The first kappa shape index (κ1) is 31.6. The molecule has 2 aromatic heterocycles. The fraction of sp³-hybridized carbons (Fsp3) is 0.222. The zero-order valence-corrected chi connectivity index (χ0v) is 22.6. The number of nitrogens with one attached hydrogen (secondary N) is 2. The smallest absolute Gasteiger partial charge is 0.475 e. The molecule has 4 aromatic rings. The molecular formula is C27H21F6N5O6. The van der Waals surface area contributed by atoms with Crippen LogP contribution in [-0.4, -0.2) is 50.7 Å². The van der Waals surface area contributed by atoms with Crippen LogP contribution in [0.1, 0.15) is 30.9 Å². The molecule has 1 aliphatic rings. The van der Waals surface area contributed by atoms with Gasteiger partial charge in [0.05, 0.1) is 11.3 Å². The van der Waals surface area contributed by atoms with Gasteiger partial charge in [0.15, 0.2) is 11.4 Å². The lowest BCUT2D eigenvalue weighted by Crippen LogP contribution is -2.33. The minimum absolute atomic E-state index is 0.0260. The molecule has 232 valence electrons. The van der Waals surface area contributed by atoms with Crippen LogP contribution in [0.2, 0.25) is 0 Å².